The van der Waals surface area contributed by atoms with Crippen molar-refractivity contribution in [3.8, 4) is 0 Å². The molecule has 0 aromatic carbocycles. The fourth-order valence-electron chi connectivity index (χ4n) is 3.63. The third-order valence-corrected chi connectivity index (χ3v) is 38.0. The standard InChI is InChI=1S/C12H36O15Si12/c1-28(2)13-34-19-35(14-29(3)4)21-36(20-34,15-30(5)6)27-39(18-33(11)12)23-37(25-34,16-31(7)8)22-38(24-39,26-35)17-32(9)10/h1-12H3. The van der Waals surface area contributed by atoms with Crippen LogP contribution in [0.4, 0.5) is 0 Å². The lowest BCUT2D eigenvalue weighted by Crippen LogP contribution is -2.92. The normalized spacial score (nSPS) is 42.0. The largest absolute Gasteiger partial charge is 0.651 e. The summed E-state index contributed by atoms with van der Waals surface area (Å²) in [6, 6.07) is 0. The van der Waals surface area contributed by atoms with Crippen molar-refractivity contribution in [2.45, 2.75) is 78.6 Å². The Kier molecular flexibility index (Phi) is 10.5. The molecule has 5 heterocycles. The van der Waals surface area contributed by atoms with Gasteiger partial charge in [-0.3, -0.25) is 0 Å². The van der Waals surface area contributed by atoms with Crippen LogP contribution < -0.4 is 0 Å². The molecule has 5 fully saturated rings. The van der Waals surface area contributed by atoms with Crippen LogP contribution in [-0.4, -0.2) is 109 Å². The van der Waals surface area contributed by atoms with Gasteiger partial charge in [0.25, 0.3) is 0 Å². The lowest BCUT2D eigenvalue weighted by molar-refractivity contribution is -0.129. The molecule has 5 aliphatic heterocycles. The van der Waals surface area contributed by atoms with Crippen molar-refractivity contribution in [1.29, 1.82) is 0 Å². The lowest BCUT2D eigenvalue weighted by atomic mass is 11.9. The van der Waals surface area contributed by atoms with E-state index >= 15 is 0 Å². The third-order valence-electron chi connectivity index (χ3n) is 4.22. The van der Waals surface area contributed by atoms with E-state index in [4.69, 9.17) is 61.7 Å². The van der Waals surface area contributed by atoms with Crippen molar-refractivity contribution in [2.24, 2.45) is 0 Å². The van der Waals surface area contributed by atoms with E-state index in [1.807, 2.05) is 78.6 Å². The maximum Gasteiger partial charge on any atom is 0.651 e. The van der Waals surface area contributed by atoms with E-state index in [0.717, 1.165) is 0 Å². The molecule has 6 radical (unpaired) electrons. The first kappa shape index (κ1) is 33.9. The Hall–Kier alpha value is 2.00. The Bertz CT molecular complexity index is 693. The summed E-state index contributed by atoms with van der Waals surface area (Å²) in [7, 11) is -34.7. The van der Waals surface area contributed by atoms with Gasteiger partial charge in [0.15, 0.2) is 54.2 Å². The summed E-state index contributed by atoms with van der Waals surface area (Å²) in [6.07, 6.45) is 0. The lowest BCUT2D eigenvalue weighted by Gasteiger charge is -2.59. The van der Waals surface area contributed by atoms with Crippen LogP contribution in [-0.2, 0) is 61.7 Å². The van der Waals surface area contributed by atoms with Gasteiger partial charge < -0.3 is 61.7 Å². The van der Waals surface area contributed by atoms with Crippen LogP contribution in [0.3, 0.4) is 0 Å². The van der Waals surface area contributed by atoms with Crippen LogP contribution in [0, 0.1) is 0 Å². The van der Waals surface area contributed by atoms with Gasteiger partial charge >= 0.3 is 54.3 Å². The van der Waals surface area contributed by atoms with Crippen LogP contribution in [0.15, 0.2) is 0 Å². The fraction of sp³-hybridized carbons (Fsp3) is 1.00. The predicted octanol–water partition coefficient (Wildman–Crippen LogP) is 1.41. The van der Waals surface area contributed by atoms with Gasteiger partial charge in [0.2, 0.25) is 0 Å². The van der Waals surface area contributed by atoms with E-state index in [-0.39, 0.29) is 0 Å². The Labute approximate surface area is 247 Å². The summed E-state index contributed by atoms with van der Waals surface area (Å²) < 4.78 is 97.8. The Morgan fingerprint density at radius 2 is 0.359 bits per heavy atom. The minimum atomic E-state index is -4.27. The molecule has 0 saturated carbocycles. The Balaban J connectivity index is 2.02. The van der Waals surface area contributed by atoms with E-state index < -0.39 is 109 Å². The molecule has 0 N–H and O–H groups in total. The second kappa shape index (κ2) is 12.1. The molecule has 15 nitrogen and oxygen atoms in total. The molecule has 222 valence electrons. The molecule has 27 heteroatoms. The maximum absolute atomic E-state index is 6.70. The maximum atomic E-state index is 6.70. The van der Waals surface area contributed by atoms with Gasteiger partial charge in [0, 0.05) is 0 Å². The Morgan fingerprint density at radius 1 is 0.256 bits per heavy atom. The van der Waals surface area contributed by atoms with E-state index in [9.17, 15) is 0 Å². The molecule has 0 aromatic heterocycles. The van der Waals surface area contributed by atoms with E-state index in [0.29, 0.717) is 0 Å². The summed E-state index contributed by atoms with van der Waals surface area (Å²) in [4.78, 5) is 0. The molecule has 0 atom stereocenters. The highest BCUT2D eigenvalue weighted by atomic mass is 28.7. The highest BCUT2D eigenvalue weighted by molar-refractivity contribution is 7.01. The quantitative estimate of drug-likeness (QED) is 0.265. The summed E-state index contributed by atoms with van der Waals surface area (Å²) >= 11 is 0. The van der Waals surface area contributed by atoms with Crippen LogP contribution in [0.25, 0.3) is 0 Å². The zero-order valence-electron chi connectivity index (χ0n) is 24.1. The number of rotatable bonds is 12. The predicted molar refractivity (Wildman–Crippen MR) is 156 cm³/mol. The first-order valence-electron chi connectivity index (χ1n) is 12.1. The molecule has 6 bridgehead atoms. The molecule has 5 rings (SSSR count). The van der Waals surface area contributed by atoms with Crippen LogP contribution in [0.5, 0.6) is 0 Å². The van der Waals surface area contributed by atoms with E-state index in [1.54, 1.807) is 0 Å². The summed E-state index contributed by atoms with van der Waals surface area (Å²) in [5, 5.41) is 0. The first-order valence-corrected chi connectivity index (χ1v) is 36.4. The molecule has 5 aliphatic rings. The van der Waals surface area contributed by atoms with Crippen LogP contribution in [0.2, 0.25) is 78.6 Å². The van der Waals surface area contributed by atoms with Crippen molar-refractivity contribution in [3.63, 3.8) is 0 Å². The topological polar surface area (TPSA) is 138 Å². The SMILES string of the molecule is C[Si](C)O[Si]12O[Si]3(O[Si](C)C)O[Si](O[Si](C)C)(O1)O[Si]1(O[Si](C)C)O[Si](O[Si](C)C)(O[Si](O[Si](C)C)(O1)O3)O2. The molecule has 5 saturated heterocycles. The first-order chi connectivity index (χ1) is 17.9. The van der Waals surface area contributed by atoms with Gasteiger partial charge in [-0.1, -0.05) is 0 Å². The van der Waals surface area contributed by atoms with Gasteiger partial charge in [0.1, 0.15) is 0 Å². The van der Waals surface area contributed by atoms with E-state index in [1.165, 1.54) is 0 Å². The third kappa shape index (κ3) is 7.81. The van der Waals surface area contributed by atoms with Crippen LogP contribution in [0.1, 0.15) is 0 Å². The molecule has 39 heavy (non-hydrogen) atoms. The summed E-state index contributed by atoms with van der Waals surface area (Å²) in [6.45, 7) is 23.1. The molecule has 0 spiro atoms. The summed E-state index contributed by atoms with van der Waals surface area (Å²) in [5.41, 5.74) is 0. The smallest absolute Gasteiger partial charge is 0.395 e. The molecule has 0 amide bonds. The molecule has 0 aromatic rings. The highest BCUT2D eigenvalue weighted by Crippen LogP contribution is 2.50. The van der Waals surface area contributed by atoms with Gasteiger partial charge in [-0.25, -0.2) is 0 Å². The molecule has 0 unspecified atom stereocenters. The van der Waals surface area contributed by atoms with Gasteiger partial charge in [-0.15, -0.1) is 0 Å². The van der Waals surface area contributed by atoms with Crippen molar-refractivity contribution in [2.75, 3.05) is 0 Å². The van der Waals surface area contributed by atoms with Gasteiger partial charge in [-0.2, -0.15) is 0 Å². The van der Waals surface area contributed by atoms with Crippen LogP contribution >= 0.6 is 0 Å². The van der Waals surface area contributed by atoms with Crippen molar-refractivity contribution in [3.05, 3.63) is 0 Å². The number of hydrogen-bond acceptors (Lipinski definition) is 15. The number of hydrogen-bond donors (Lipinski definition) is 0. The average Bonchev–Trinajstić information content (AvgIpc) is 2.59. The fourth-order valence-corrected chi connectivity index (χ4v) is 46.2. The Morgan fingerprint density at radius 3 is 0.436 bits per heavy atom. The van der Waals surface area contributed by atoms with E-state index in [2.05, 4.69) is 0 Å². The van der Waals surface area contributed by atoms with Crippen molar-refractivity contribution in [1.82, 2.24) is 0 Å². The molecule has 0 aliphatic carbocycles. The van der Waals surface area contributed by atoms with Crippen molar-refractivity contribution < 1.29 is 61.7 Å². The van der Waals surface area contributed by atoms with Gasteiger partial charge in [0.05, 0.1) is 0 Å². The zero-order valence-corrected chi connectivity index (χ0v) is 36.1. The average molecular weight is 757 g/mol. The second-order valence-corrected chi connectivity index (χ2v) is 39.1. The summed E-state index contributed by atoms with van der Waals surface area (Å²) in [5.74, 6) is 0. The second-order valence-electron chi connectivity index (χ2n) is 9.98. The monoisotopic (exact) mass is 756 g/mol. The zero-order chi connectivity index (χ0) is 29.1. The van der Waals surface area contributed by atoms with Crippen molar-refractivity contribution >= 4 is 109 Å². The minimum absolute atomic E-state index is 1.51. The van der Waals surface area contributed by atoms with Gasteiger partial charge in [-0.05, 0) is 78.6 Å². The minimum Gasteiger partial charge on any atom is -0.395 e. The molecular weight excluding hydrogens is 721 g/mol. The molecular formula is C12H36O15Si12. The highest BCUT2D eigenvalue weighted by Gasteiger charge is 2.90.